The van der Waals surface area contributed by atoms with Gasteiger partial charge in [-0.25, -0.2) is 5.43 Å². The first kappa shape index (κ1) is 9.77. The first-order chi connectivity index (χ1) is 5.31. The summed E-state index contributed by atoms with van der Waals surface area (Å²) >= 11 is 0. The van der Waals surface area contributed by atoms with E-state index in [2.05, 4.69) is 15.6 Å². The number of hydrogen-bond donors (Lipinski definition) is 2. The lowest BCUT2D eigenvalue weighted by Crippen LogP contribution is -2.66. The molecule has 1 atom stereocenters. The molecule has 0 radical (unpaired) electrons. The van der Waals surface area contributed by atoms with Gasteiger partial charge in [0.05, 0.1) is 7.11 Å². The number of halogens is 1. The molecule has 2 N–H and O–H groups in total. The molecule has 2 heterocycles. The first-order valence-electron chi connectivity index (χ1n) is 3.90. The molecule has 12 heavy (non-hydrogen) atoms. The van der Waals surface area contributed by atoms with Crippen LogP contribution in [-0.4, -0.2) is 25.2 Å². The Labute approximate surface area is 77.4 Å². The zero-order valence-electron chi connectivity index (χ0n) is 6.87. The van der Waals surface area contributed by atoms with Crippen LogP contribution in [0.5, 0.6) is 0 Å². The number of nitrogens with one attached hydrogen (secondary N) is 2. The van der Waals surface area contributed by atoms with Crippen molar-refractivity contribution < 1.29 is 9.53 Å². The van der Waals surface area contributed by atoms with Crippen LogP contribution in [0.15, 0.2) is 0 Å². The molecule has 2 saturated heterocycles. The average molecular weight is 193 g/mol. The first-order valence-corrected chi connectivity index (χ1v) is 3.90. The fourth-order valence-electron chi connectivity index (χ4n) is 1.76. The van der Waals surface area contributed by atoms with Gasteiger partial charge in [0.2, 0.25) is 0 Å². The lowest BCUT2D eigenvalue weighted by Gasteiger charge is -2.46. The molecule has 1 saturated carbocycles. The SMILES string of the molecule is COC(=O)[C@H]1NNC2CC1C2.Cl. The number of esters is 1. The van der Waals surface area contributed by atoms with E-state index in [1.165, 1.54) is 7.11 Å². The summed E-state index contributed by atoms with van der Waals surface area (Å²) < 4.78 is 4.64. The second-order valence-corrected chi connectivity index (χ2v) is 3.22. The molecule has 70 valence electrons. The fraction of sp³-hybridized carbons (Fsp3) is 0.857. The molecule has 2 bridgehead atoms. The molecular weight excluding hydrogens is 180 g/mol. The molecule has 3 rings (SSSR count). The summed E-state index contributed by atoms with van der Waals surface area (Å²) in [5.74, 6) is 0.342. The van der Waals surface area contributed by atoms with E-state index >= 15 is 0 Å². The second-order valence-electron chi connectivity index (χ2n) is 3.22. The zero-order valence-corrected chi connectivity index (χ0v) is 7.69. The standard InChI is InChI=1S/C7H12N2O2.ClH/c1-11-7(10)6-4-2-5(3-4)8-9-6;/h4-6,8-9H,2-3H2,1H3;1H/t4?,5?,6-;/m0./s1. The molecule has 0 aromatic rings. The van der Waals surface area contributed by atoms with Gasteiger partial charge in [-0.15, -0.1) is 12.4 Å². The van der Waals surface area contributed by atoms with Gasteiger partial charge in [0.1, 0.15) is 6.04 Å². The molecule has 0 aromatic carbocycles. The minimum atomic E-state index is -0.152. The summed E-state index contributed by atoms with van der Waals surface area (Å²) in [6.07, 6.45) is 2.21. The fourth-order valence-corrected chi connectivity index (χ4v) is 1.76. The molecule has 5 heteroatoms. The minimum Gasteiger partial charge on any atom is -0.468 e. The Balaban J connectivity index is 0.000000720. The van der Waals surface area contributed by atoms with E-state index in [0.29, 0.717) is 12.0 Å². The summed E-state index contributed by atoms with van der Waals surface area (Å²) in [5, 5.41) is 0. The summed E-state index contributed by atoms with van der Waals surface area (Å²) in [4.78, 5) is 11.1. The molecule has 2 aliphatic heterocycles. The number of carbonyl (C=O) groups is 1. The summed E-state index contributed by atoms with van der Waals surface area (Å²) in [6.45, 7) is 0. The monoisotopic (exact) mass is 192 g/mol. The van der Waals surface area contributed by atoms with Crippen LogP contribution in [0.2, 0.25) is 0 Å². The van der Waals surface area contributed by atoms with Crippen molar-refractivity contribution >= 4 is 18.4 Å². The number of methoxy groups -OCH3 is 1. The Bertz CT molecular complexity index is 179. The number of carbonyl (C=O) groups excluding carboxylic acids is 1. The molecule has 0 unspecified atom stereocenters. The molecule has 0 aromatic heterocycles. The largest absolute Gasteiger partial charge is 0.468 e. The van der Waals surface area contributed by atoms with Gasteiger partial charge >= 0.3 is 5.97 Å². The van der Waals surface area contributed by atoms with Gasteiger partial charge < -0.3 is 4.74 Å². The Kier molecular flexibility index (Phi) is 2.93. The van der Waals surface area contributed by atoms with E-state index in [4.69, 9.17) is 0 Å². The third-order valence-electron chi connectivity index (χ3n) is 2.54. The molecule has 3 fully saturated rings. The number of ether oxygens (including phenoxy) is 1. The number of hydrazine groups is 1. The third-order valence-corrected chi connectivity index (χ3v) is 2.54. The van der Waals surface area contributed by atoms with Crippen LogP contribution in [0.4, 0.5) is 0 Å². The number of rotatable bonds is 1. The number of fused-ring (bicyclic) bond motifs is 2. The van der Waals surface area contributed by atoms with Crippen molar-refractivity contribution in [2.75, 3.05) is 7.11 Å². The van der Waals surface area contributed by atoms with Gasteiger partial charge in [0.15, 0.2) is 0 Å². The summed E-state index contributed by atoms with van der Waals surface area (Å²) in [7, 11) is 1.43. The van der Waals surface area contributed by atoms with Crippen LogP contribution in [0.25, 0.3) is 0 Å². The lowest BCUT2D eigenvalue weighted by molar-refractivity contribution is -0.148. The van der Waals surface area contributed by atoms with E-state index in [-0.39, 0.29) is 24.4 Å². The molecule has 3 aliphatic rings. The van der Waals surface area contributed by atoms with Crippen molar-refractivity contribution in [3.63, 3.8) is 0 Å². The quantitative estimate of drug-likeness (QED) is 0.567. The third kappa shape index (κ3) is 1.42. The highest BCUT2D eigenvalue weighted by Crippen LogP contribution is 2.33. The van der Waals surface area contributed by atoms with Crippen LogP contribution >= 0.6 is 12.4 Å². The highest BCUT2D eigenvalue weighted by Gasteiger charge is 2.43. The van der Waals surface area contributed by atoms with Crippen LogP contribution in [0, 0.1) is 5.92 Å². The van der Waals surface area contributed by atoms with Crippen molar-refractivity contribution in [2.45, 2.75) is 24.9 Å². The van der Waals surface area contributed by atoms with Crippen molar-refractivity contribution in [3.8, 4) is 0 Å². The van der Waals surface area contributed by atoms with Gasteiger partial charge in [0.25, 0.3) is 0 Å². The van der Waals surface area contributed by atoms with E-state index in [9.17, 15) is 4.79 Å². The van der Waals surface area contributed by atoms with E-state index in [0.717, 1.165) is 12.8 Å². The second kappa shape index (κ2) is 3.60. The van der Waals surface area contributed by atoms with Gasteiger partial charge in [-0.1, -0.05) is 0 Å². The van der Waals surface area contributed by atoms with Crippen LogP contribution in [0.3, 0.4) is 0 Å². The van der Waals surface area contributed by atoms with E-state index in [1.807, 2.05) is 0 Å². The maximum atomic E-state index is 11.1. The smallest absolute Gasteiger partial charge is 0.324 e. The summed E-state index contributed by atoms with van der Waals surface area (Å²) in [6, 6.07) is 0.464. The Morgan fingerprint density at radius 2 is 2.08 bits per heavy atom. The van der Waals surface area contributed by atoms with Crippen LogP contribution in [-0.2, 0) is 9.53 Å². The van der Waals surface area contributed by atoms with Gasteiger partial charge in [-0.2, -0.15) is 0 Å². The predicted octanol–water partition coefficient (Wildman–Crippen LogP) is -0.164. The van der Waals surface area contributed by atoms with E-state index < -0.39 is 0 Å². The zero-order chi connectivity index (χ0) is 7.84. The van der Waals surface area contributed by atoms with Crippen molar-refractivity contribution in [2.24, 2.45) is 5.92 Å². The predicted molar refractivity (Wildman–Crippen MR) is 45.8 cm³/mol. The Morgan fingerprint density at radius 1 is 1.42 bits per heavy atom. The van der Waals surface area contributed by atoms with Crippen molar-refractivity contribution in [3.05, 3.63) is 0 Å². The number of hydrogen-bond acceptors (Lipinski definition) is 4. The normalized spacial score (nSPS) is 37.6. The maximum absolute atomic E-state index is 11.1. The molecule has 0 amide bonds. The van der Waals surface area contributed by atoms with Crippen LogP contribution < -0.4 is 10.9 Å². The molecule has 4 nitrogen and oxygen atoms in total. The highest BCUT2D eigenvalue weighted by molar-refractivity contribution is 5.85. The van der Waals surface area contributed by atoms with Gasteiger partial charge in [-0.05, 0) is 18.8 Å². The maximum Gasteiger partial charge on any atom is 0.324 e. The Morgan fingerprint density at radius 3 is 2.50 bits per heavy atom. The van der Waals surface area contributed by atoms with Gasteiger partial charge in [0, 0.05) is 6.04 Å². The highest BCUT2D eigenvalue weighted by atomic mass is 35.5. The minimum absolute atomic E-state index is 0. The Hall–Kier alpha value is -0.320. The van der Waals surface area contributed by atoms with Crippen molar-refractivity contribution in [1.29, 1.82) is 0 Å². The van der Waals surface area contributed by atoms with Gasteiger partial charge in [-0.3, -0.25) is 10.2 Å². The molecular formula is C7H13ClN2O2. The van der Waals surface area contributed by atoms with Crippen molar-refractivity contribution in [1.82, 2.24) is 10.9 Å². The van der Waals surface area contributed by atoms with Crippen LogP contribution in [0.1, 0.15) is 12.8 Å². The van der Waals surface area contributed by atoms with E-state index in [1.54, 1.807) is 0 Å². The molecule has 0 spiro atoms. The topological polar surface area (TPSA) is 50.4 Å². The summed E-state index contributed by atoms with van der Waals surface area (Å²) in [5.41, 5.74) is 6.01. The lowest BCUT2D eigenvalue weighted by atomic mass is 9.74. The molecule has 1 aliphatic carbocycles. The average Bonchev–Trinajstić information content (AvgIpc) is 2.02.